The molecular formula is C23H35N3O6. The normalized spacial score (nSPS) is 16.5. The van der Waals surface area contributed by atoms with Crippen LogP contribution in [0.2, 0.25) is 0 Å². The molecule has 1 aromatic rings. The van der Waals surface area contributed by atoms with Gasteiger partial charge in [0.2, 0.25) is 11.8 Å². The van der Waals surface area contributed by atoms with Crippen LogP contribution in [0.1, 0.15) is 33.3 Å². The van der Waals surface area contributed by atoms with E-state index in [4.69, 9.17) is 14.2 Å². The Kier molecular flexibility index (Phi) is 9.46. The number of benzene rings is 1. The maximum Gasteiger partial charge on any atom is 0.328 e. The molecule has 1 heterocycles. The van der Waals surface area contributed by atoms with Crippen LogP contribution in [0, 0.1) is 0 Å². The summed E-state index contributed by atoms with van der Waals surface area (Å²) in [5.74, 6) is -0.543. The van der Waals surface area contributed by atoms with Gasteiger partial charge in [-0.15, -0.1) is 0 Å². The first-order chi connectivity index (χ1) is 15.1. The molecule has 2 amide bonds. The van der Waals surface area contributed by atoms with Crippen molar-refractivity contribution in [3.05, 3.63) is 29.8 Å². The number of carbonyl (C=O) groups excluding carboxylic acids is 3. The lowest BCUT2D eigenvalue weighted by atomic mass is 10.0. The smallest absolute Gasteiger partial charge is 0.328 e. The van der Waals surface area contributed by atoms with Crippen LogP contribution in [-0.4, -0.2) is 80.3 Å². The molecule has 0 aromatic heterocycles. The van der Waals surface area contributed by atoms with Crippen LogP contribution in [0.3, 0.4) is 0 Å². The molecule has 178 valence electrons. The van der Waals surface area contributed by atoms with E-state index in [0.29, 0.717) is 26.3 Å². The Morgan fingerprint density at radius 1 is 1.09 bits per heavy atom. The minimum Gasteiger partial charge on any atom is -0.488 e. The van der Waals surface area contributed by atoms with Gasteiger partial charge in [-0.1, -0.05) is 12.1 Å². The molecule has 2 rings (SSSR count). The van der Waals surface area contributed by atoms with Crippen LogP contribution in [0.15, 0.2) is 24.3 Å². The first-order valence-electron chi connectivity index (χ1n) is 10.8. The van der Waals surface area contributed by atoms with Crippen LogP contribution in [-0.2, 0) is 30.3 Å². The number of methoxy groups -OCH3 is 1. The summed E-state index contributed by atoms with van der Waals surface area (Å²) in [5, 5.41) is 5.36. The molecule has 32 heavy (non-hydrogen) atoms. The Morgan fingerprint density at radius 3 is 2.28 bits per heavy atom. The topological polar surface area (TPSA) is 106 Å². The molecule has 2 N–H and O–H groups in total. The van der Waals surface area contributed by atoms with Crippen LogP contribution in [0.4, 0.5) is 0 Å². The third kappa shape index (κ3) is 8.84. The van der Waals surface area contributed by atoms with Gasteiger partial charge in [0.15, 0.2) is 0 Å². The summed E-state index contributed by atoms with van der Waals surface area (Å²) >= 11 is 0. The molecule has 9 heteroatoms. The van der Waals surface area contributed by atoms with E-state index < -0.39 is 24.0 Å². The van der Waals surface area contributed by atoms with Gasteiger partial charge in [0.1, 0.15) is 23.4 Å². The van der Waals surface area contributed by atoms with Gasteiger partial charge >= 0.3 is 5.97 Å². The van der Waals surface area contributed by atoms with Crippen molar-refractivity contribution in [1.29, 1.82) is 0 Å². The summed E-state index contributed by atoms with van der Waals surface area (Å²) < 4.78 is 15.9. The number of esters is 1. The predicted molar refractivity (Wildman–Crippen MR) is 119 cm³/mol. The summed E-state index contributed by atoms with van der Waals surface area (Å²) in [6.07, 6.45) is 0.253. The second-order valence-corrected chi connectivity index (χ2v) is 8.82. The maximum atomic E-state index is 12.6. The fourth-order valence-corrected chi connectivity index (χ4v) is 3.23. The Labute approximate surface area is 189 Å². The van der Waals surface area contributed by atoms with Crippen molar-refractivity contribution < 1.29 is 28.6 Å². The number of amides is 2. The van der Waals surface area contributed by atoms with Gasteiger partial charge in [0.05, 0.1) is 26.9 Å². The zero-order valence-electron chi connectivity index (χ0n) is 19.6. The third-order valence-corrected chi connectivity index (χ3v) is 4.83. The SMILES string of the molecule is COC(=O)[C@H](Cc1ccc(OC(C)(C)C)cc1)NC(=O)[C@H](C)NC(=O)CN1CCOCC1. The molecule has 1 saturated heterocycles. The minimum absolute atomic E-state index is 0.199. The van der Waals surface area contributed by atoms with Gasteiger partial charge < -0.3 is 24.8 Å². The predicted octanol–water partition coefficient (Wildman–Crippen LogP) is 0.901. The quantitative estimate of drug-likeness (QED) is 0.540. The molecule has 2 atom stereocenters. The van der Waals surface area contributed by atoms with E-state index in [-0.39, 0.29) is 24.5 Å². The van der Waals surface area contributed by atoms with Crippen molar-refractivity contribution in [3.8, 4) is 5.75 Å². The van der Waals surface area contributed by atoms with Crippen molar-refractivity contribution in [2.75, 3.05) is 40.0 Å². The second-order valence-electron chi connectivity index (χ2n) is 8.82. The molecule has 1 aliphatic heterocycles. The highest BCUT2D eigenvalue weighted by Crippen LogP contribution is 2.19. The Hall–Kier alpha value is -2.65. The zero-order chi connectivity index (χ0) is 23.7. The number of nitrogens with zero attached hydrogens (tertiary/aromatic N) is 1. The van der Waals surface area contributed by atoms with Gasteiger partial charge in [0, 0.05) is 19.5 Å². The van der Waals surface area contributed by atoms with E-state index in [1.54, 1.807) is 6.92 Å². The largest absolute Gasteiger partial charge is 0.488 e. The summed E-state index contributed by atoms with van der Waals surface area (Å²) in [5.41, 5.74) is 0.526. The van der Waals surface area contributed by atoms with Crippen molar-refractivity contribution in [3.63, 3.8) is 0 Å². The maximum absolute atomic E-state index is 12.6. The van der Waals surface area contributed by atoms with Crippen LogP contribution in [0.25, 0.3) is 0 Å². The molecule has 0 bridgehead atoms. The van der Waals surface area contributed by atoms with E-state index >= 15 is 0 Å². The summed E-state index contributed by atoms with van der Waals surface area (Å²) in [6, 6.07) is 5.67. The summed E-state index contributed by atoms with van der Waals surface area (Å²) in [4.78, 5) is 39.1. The average Bonchev–Trinajstić information content (AvgIpc) is 2.73. The third-order valence-electron chi connectivity index (χ3n) is 4.83. The van der Waals surface area contributed by atoms with Crippen molar-refractivity contribution in [2.45, 2.75) is 51.8 Å². The number of morpholine rings is 1. The number of ether oxygens (including phenoxy) is 3. The molecule has 0 saturated carbocycles. The van der Waals surface area contributed by atoms with Gasteiger partial charge in [0.25, 0.3) is 0 Å². The molecule has 9 nitrogen and oxygen atoms in total. The van der Waals surface area contributed by atoms with Gasteiger partial charge in [-0.05, 0) is 45.4 Å². The van der Waals surface area contributed by atoms with Gasteiger partial charge in [-0.25, -0.2) is 4.79 Å². The van der Waals surface area contributed by atoms with E-state index in [1.807, 2.05) is 49.9 Å². The Morgan fingerprint density at radius 2 is 1.72 bits per heavy atom. The standard InChI is InChI=1S/C23H35N3O6/c1-16(24-20(27)15-26-10-12-31-13-11-26)21(28)25-19(22(29)30-5)14-17-6-8-18(9-7-17)32-23(2,3)4/h6-9,16,19H,10-15H2,1-5H3,(H,24,27)(H,25,28)/t16-,19-/m0/s1. The van der Waals surface area contributed by atoms with E-state index in [1.165, 1.54) is 7.11 Å². The van der Waals surface area contributed by atoms with Crippen LogP contribution in [0.5, 0.6) is 5.75 Å². The zero-order valence-corrected chi connectivity index (χ0v) is 19.6. The van der Waals surface area contributed by atoms with Gasteiger partial charge in [-0.2, -0.15) is 0 Å². The lowest BCUT2D eigenvalue weighted by Crippen LogP contribution is -2.53. The van der Waals surface area contributed by atoms with E-state index in [2.05, 4.69) is 10.6 Å². The monoisotopic (exact) mass is 449 g/mol. The van der Waals surface area contributed by atoms with Gasteiger partial charge in [-0.3, -0.25) is 14.5 Å². The molecule has 1 aromatic carbocycles. The Balaban J connectivity index is 1.92. The first-order valence-corrected chi connectivity index (χ1v) is 10.8. The molecule has 0 aliphatic carbocycles. The summed E-state index contributed by atoms with van der Waals surface area (Å²) in [6.45, 7) is 10.2. The van der Waals surface area contributed by atoms with Crippen LogP contribution >= 0.6 is 0 Å². The van der Waals surface area contributed by atoms with E-state index in [9.17, 15) is 14.4 Å². The highest BCUT2D eigenvalue weighted by molar-refractivity contribution is 5.91. The number of rotatable bonds is 9. The number of nitrogens with one attached hydrogen (secondary N) is 2. The average molecular weight is 450 g/mol. The summed E-state index contributed by atoms with van der Waals surface area (Å²) in [7, 11) is 1.27. The lowest BCUT2D eigenvalue weighted by molar-refractivity contribution is -0.145. The molecule has 0 spiro atoms. The second kappa shape index (κ2) is 11.8. The van der Waals surface area contributed by atoms with E-state index in [0.717, 1.165) is 11.3 Å². The highest BCUT2D eigenvalue weighted by atomic mass is 16.5. The number of hydrogen-bond donors (Lipinski definition) is 2. The molecule has 0 radical (unpaired) electrons. The fourth-order valence-electron chi connectivity index (χ4n) is 3.23. The molecule has 0 unspecified atom stereocenters. The number of carbonyl (C=O) groups is 3. The number of hydrogen-bond acceptors (Lipinski definition) is 7. The lowest BCUT2D eigenvalue weighted by Gasteiger charge is -2.26. The Bertz CT molecular complexity index is 769. The van der Waals surface area contributed by atoms with Crippen molar-refractivity contribution in [1.82, 2.24) is 15.5 Å². The molecule has 1 fully saturated rings. The fraction of sp³-hybridized carbons (Fsp3) is 0.609. The van der Waals surface area contributed by atoms with Crippen molar-refractivity contribution >= 4 is 17.8 Å². The first kappa shape index (κ1) is 25.6. The van der Waals surface area contributed by atoms with Crippen LogP contribution < -0.4 is 15.4 Å². The molecule has 1 aliphatic rings. The molecular weight excluding hydrogens is 414 g/mol. The van der Waals surface area contributed by atoms with Crippen molar-refractivity contribution in [2.24, 2.45) is 0 Å². The minimum atomic E-state index is -0.875. The highest BCUT2D eigenvalue weighted by Gasteiger charge is 2.26.